The number of hydrogen-bond acceptors (Lipinski definition) is 5. The zero-order chi connectivity index (χ0) is 22.7. The van der Waals surface area contributed by atoms with E-state index in [-0.39, 0.29) is 24.1 Å². The van der Waals surface area contributed by atoms with Crippen LogP contribution in [0.15, 0.2) is 39.1 Å². The Bertz CT molecular complexity index is 1200. The van der Waals surface area contributed by atoms with Crippen molar-refractivity contribution in [3.63, 3.8) is 0 Å². The Balaban J connectivity index is 1.30. The van der Waals surface area contributed by atoms with E-state index in [9.17, 15) is 14.7 Å². The lowest BCUT2D eigenvalue weighted by molar-refractivity contribution is -0.135. The van der Waals surface area contributed by atoms with E-state index in [1.54, 1.807) is 12.1 Å². The molecular formula is C27H32N2O4. The third kappa shape index (κ3) is 3.50. The van der Waals surface area contributed by atoms with Crippen molar-refractivity contribution >= 4 is 16.9 Å². The SMILES string of the molecule is Cc1c(CC(=O)N2CCCC3=CC4CC(CN5CCCCC45)C32)c(=O)oc2cc(O)ccc12. The van der Waals surface area contributed by atoms with Crippen LogP contribution in [0.25, 0.3) is 11.0 Å². The van der Waals surface area contributed by atoms with E-state index in [1.165, 1.54) is 43.9 Å². The van der Waals surface area contributed by atoms with Crippen molar-refractivity contribution in [3.8, 4) is 5.75 Å². The van der Waals surface area contributed by atoms with E-state index in [4.69, 9.17) is 4.42 Å². The zero-order valence-corrected chi connectivity index (χ0v) is 19.3. The standard InChI is InChI=1S/C27H32N2O4/c1-16-21-8-7-20(30)13-24(21)33-27(32)22(16)14-25(31)29-10-4-5-17-11-18-12-19(26(17)29)15-28-9-3-2-6-23(18)28/h7-8,11,13,18-19,23,26,30H,2-6,9-10,12,14-15H2,1H3. The molecule has 6 rings (SSSR count). The van der Waals surface area contributed by atoms with Crippen LogP contribution in [0.5, 0.6) is 5.75 Å². The molecule has 6 heteroatoms. The van der Waals surface area contributed by atoms with Crippen LogP contribution in [-0.4, -0.2) is 52.5 Å². The number of aryl methyl sites for hydroxylation is 1. The second kappa shape index (κ2) is 8.01. The van der Waals surface area contributed by atoms with Crippen LogP contribution in [0.2, 0.25) is 0 Å². The number of carbonyl (C=O) groups excluding carboxylic acids is 1. The molecule has 1 N–H and O–H groups in total. The maximum atomic E-state index is 13.6. The molecule has 1 aromatic carbocycles. The summed E-state index contributed by atoms with van der Waals surface area (Å²) < 4.78 is 5.47. The zero-order valence-electron chi connectivity index (χ0n) is 19.3. The molecule has 0 radical (unpaired) electrons. The van der Waals surface area contributed by atoms with Crippen LogP contribution >= 0.6 is 0 Å². The molecule has 0 saturated carbocycles. The van der Waals surface area contributed by atoms with E-state index >= 15 is 0 Å². The second-order valence-electron chi connectivity index (χ2n) is 10.4. The van der Waals surface area contributed by atoms with Gasteiger partial charge in [-0.2, -0.15) is 0 Å². The third-order valence-electron chi connectivity index (χ3n) is 8.58. The fourth-order valence-electron chi connectivity index (χ4n) is 7.09. The molecule has 174 valence electrons. The molecule has 3 fully saturated rings. The van der Waals surface area contributed by atoms with Crippen molar-refractivity contribution in [2.75, 3.05) is 19.6 Å². The molecule has 3 saturated heterocycles. The number of fused-ring (bicyclic) bond motifs is 7. The maximum Gasteiger partial charge on any atom is 0.340 e. The van der Waals surface area contributed by atoms with Gasteiger partial charge < -0.3 is 14.4 Å². The molecule has 0 spiro atoms. The van der Waals surface area contributed by atoms with Gasteiger partial charge in [0.25, 0.3) is 0 Å². The molecule has 4 unspecified atom stereocenters. The van der Waals surface area contributed by atoms with E-state index in [2.05, 4.69) is 15.9 Å². The summed E-state index contributed by atoms with van der Waals surface area (Å²) in [6.07, 6.45) is 9.79. The van der Waals surface area contributed by atoms with Gasteiger partial charge in [0.05, 0.1) is 18.0 Å². The monoisotopic (exact) mass is 448 g/mol. The van der Waals surface area contributed by atoms with Gasteiger partial charge in [0, 0.05) is 30.6 Å². The lowest BCUT2D eigenvalue weighted by Crippen LogP contribution is -2.60. The molecular weight excluding hydrogens is 416 g/mol. The fourth-order valence-corrected chi connectivity index (χ4v) is 7.09. The highest BCUT2D eigenvalue weighted by Gasteiger charge is 2.46. The van der Waals surface area contributed by atoms with E-state index in [0.29, 0.717) is 29.0 Å². The summed E-state index contributed by atoms with van der Waals surface area (Å²) in [7, 11) is 0. The van der Waals surface area contributed by atoms with E-state index < -0.39 is 5.63 Å². The number of piperidine rings is 3. The number of amides is 1. The van der Waals surface area contributed by atoms with Gasteiger partial charge in [0.15, 0.2) is 0 Å². The largest absolute Gasteiger partial charge is 0.508 e. The number of benzene rings is 1. The molecule has 2 bridgehead atoms. The highest BCUT2D eigenvalue weighted by atomic mass is 16.4. The smallest absolute Gasteiger partial charge is 0.340 e. The molecule has 4 aliphatic rings. The highest BCUT2D eigenvalue weighted by molar-refractivity contribution is 5.85. The van der Waals surface area contributed by atoms with Gasteiger partial charge >= 0.3 is 5.63 Å². The van der Waals surface area contributed by atoms with Crippen LogP contribution in [0, 0.1) is 18.8 Å². The Labute approximate surface area is 193 Å². The third-order valence-corrected chi connectivity index (χ3v) is 8.58. The van der Waals surface area contributed by atoms with Gasteiger partial charge in [-0.05, 0) is 75.1 Å². The highest BCUT2D eigenvalue weighted by Crippen LogP contribution is 2.45. The van der Waals surface area contributed by atoms with Gasteiger partial charge in [-0.15, -0.1) is 0 Å². The average Bonchev–Trinajstić information content (AvgIpc) is 2.81. The van der Waals surface area contributed by atoms with Crippen LogP contribution in [0.1, 0.15) is 49.7 Å². The van der Waals surface area contributed by atoms with Crippen molar-refractivity contribution in [1.29, 1.82) is 0 Å². The Morgan fingerprint density at radius 1 is 1.21 bits per heavy atom. The Morgan fingerprint density at radius 3 is 2.97 bits per heavy atom. The number of nitrogens with zero attached hydrogens (tertiary/aromatic N) is 2. The minimum absolute atomic E-state index is 0.0262. The number of phenols is 1. The fraction of sp³-hybridized carbons (Fsp3) is 0.556. The first kappa shape index (κ1) is 21.0. The van der Waals surface area contributed by atoms with Gasteiger partial charge in [0.2, 0.25) is 5.91 Å². The van der Waals surface area contributed by atoms with Gasteiger partial charge in [0.1, 0.15) is 11.3 Å². The minimum Gasteiger partial charge on any atom is -0.508 e. The predicted octanol–water partition coefficient (Wildman–Crippen LogP) is 3.77. The summed E-state index contributed by atoms with van der Waals surface area (Å²) in [5.41, 5.74) is 2.53. The van der Waals surface area contributed by atoms with Crippen LogP contribution < -0.4 is 5.63 Å². The van der Waals surface area contributed by atoms with Crippen molar-refractivity contribution in [3.05, 3.63) is 51.4 Å². The summed E-state index contributed by atoms with van der Waals surface area (Å²) in [6.45, 7) is 4.91. The Morgan fingerprint density at radius 2 is 2.09 bits per heavy atom. The molecule has 6 nitrogen and oxygen atoms in total. The van der Waals surface area contributed by atoms with Gasteiger partial charge in [-0.25, -0.2) is 4.79 Å². The first-order valence-electron chi connectivity index (χ1n) is 12.5. The van der Waals surface area contributed by atoms with Crippen molar-refractivity contribution in [2.24, 2.45) is 11.8 Å². The topological polar surface area (TPSA) is 74.0 Å². The Hall–Kier alpha value is -2.60. The van der Waals surface area contributed by atoms with Crippen LogP contribution in [-0.2, 0) is 11.2 Å². The summed E-state index contributed by atoms with van der Waals surface area (Å²) in [5, 5.41) is 10.5. The number of likely N-dealkylation sites (tertiary alicyclic amines) is 1. The minimum atomic E-state index is -0.482. The maximum absolute atomic E-state index is 13.6. The summed E-state index contributed by atoms with van der Waals surface area (Å²) in [5.74, 6) is 1.21. The van der Waals surface area contributed by atoms with E-state index in [0.717, 1.165) is 36.9 Å². The molecule has 1 amide bonds. The number of hydrogen-bond donors (Lipinski definition) is 1. The average molecular weight is 449 g/mol. The Kier molecular flexibility index (Phi) is 5.09. The number of aromatic hydroxyl groups is 1. The van der Waals surface area contributed by atoms with Gasteiger partial charge in [-0.3, -0.25) is 9.69 Å². The first-order valence-corrected chi connectivity index (χ1v) is 12.5. The molecule has 1 aliphatic carbocycles. The lowest BCUT2D eigenvalue weighted by atomic mass is 9.68. The predicted molar refractivity (Wildman–Crippen MR) is 126 cm³/mol. The number of carbonyl (C=O) groups is 1. The molecule has 1 aromatic heterocycles. The molecule has 2 aromatic rings. The van der Waals surface area contributed by atoms with E-state index in [1.807, 2.05) is 6.92 Å². The molecule has 4 atom stereocenters. The van der Waals surface area contributed by atoms with Crippen molar-refractivity contribution < 1.29 is 14.3 Å². The number of rotatable bonds is 2. The lowest BCUT2D eigenvalue weighted by Gasteiger charge is -2.54. The first-order chi connectivity index (χ1) is 16.0. The quantitative estimate of drug-likeness (QED) is 0.559. The molecule has 3 aliphatic heterocycles. The second-order valence-corrected chi connectivity index (χ2v) is 10.4. The molecule has 33 heavy (non-hydrogen) atoms. The summed E-state index contributed by atoms with van der Waals surface area (Å²) in [4.78, 5) is 31.1. The normalized spacial score (nSPS) is 29.4. The summed E-state index contributed by atoms with van der Waals surface area (Å²) in [6, 6.07) is 5.65. The number of phenolic OH excluding ortho intramolecular Hbond substituents is 1. The van der Waals surface area contributed by atoms with Crippen LogP contribution in [0.4, 0.5) is 0 Å². The van der Waals surface area contributed by atoms with Crippen molar-refractivity contribution in [1.82, 2.24) is 9.80 Å². The van der Waals surface area contributed by atoms with Gasteiger partial charge in [-0.1, -0.05) is 18.1 Å². The van der Waals surface area contributed by atoms with Crippen molar-refractivity contribution in [2.45, 2.75) is 64.0 Å². The van der Waals surface area contributed by atoms with Crippen LogP contribution in [0.3, 0.4) is 0 Å². The molecule has 4 heterocycles. The summed E-state index contributed by atoms with van der Waals surface area (Å²) >= 11 is 0.